The molecule has 1 amide bonds. The van der Waals surface area contributed by atoms with E-state index in [9.17, 15) is 4.79 Å². The van der Waals surface area contributed by atoms with Crippen LogP contribution in [0.4, 0.5) is 10.8 Å². The van der Waals surface area contributed by atoms with Crippen LogP contribution in [0.5, 0.6) is 0 Å². The van der Waals surface area contributed by atoms with E-state index in [1.807, 2.05) is 60.8 Å². The smallest absolute Gasteiger partial charge is 0.255 e. The molecule has 7 nitrogen and oxygen atoms in total. The van der Waals surface area contributed by atoms with Gasteiger partial charge in [0.2, 0.25) is 0 Å². The predicted octanol–water partition coefficient (Wildman–Crippen LogP) is 4.78. The average molecular weight is 465 g/mol. The number of carbonyl (C=O) groups is 1. The zero-order valence-corrected chi connectivity index (χ0v) is 19.5. The van der Waals surface area contributed by atoms with Crippen LogP contribution in [0.1, 0.15) is 39.9 Å². The van der Waals surface area contributed by atoms with Crippen molar-refractivity contribution < 1.29 is 4.79 Å². The van der Waals surface area contributed by atoms with Gasteiger partial charge in [0.05, 0.1) is 12.1 Å². The number of amides is 1. The number of thiazole rings is 1. The maximum absolute atomic E-state index is 12.7. The van der Waals surface area contributed by atoms with Gasteiger partial charge in [0.15, 0.2) is 10.3 Å². The van der Waals surface area contributed by atoms with Gasteiger partial charge in [-0.15, -0.1) is 21.5 Å². The molecule has 0 bridgehead atoms. The molecule has 0 aliphatic heterocycles. The van der Waals surface area contributed by atoms with E-state index in [-0.39, 0.29) is 5.91 Å². The molecule has 0 aliphatic carbocycles. The third kappa shape index (κ3) is 5.35. The van der Waals surface area contributed by atoms with E-state index in [4.69, 9.17) is 5.73 Å². The van der Waals surface area contributed by atoms with Crippen molar-refractivity contribution in [1.29, 1.82) is 0 Å². The second-order valence-electron chi connectivity index (χ2n) is 7.31. The third-order valence-electron chi connectivity index (χ3n) is 4.85. The second-order valence-corrected chi connectivity index (χ2v) is 9.14. The number of thioether (sulfide) groups is 1. The number of nitrogens with zero attached hydrogens (tertiary/aromatic N) is 4. The first kappa shape index (κ1) is 22.0. The predicted molar refractivity (Wildman–Crippen MR) is 130 cm³/mol. The summed E-state index contributed by atoms with van der Waals surface area (Å²) in [7, 11) is 0. The van der Waals surface area contributed by atoms with Crippen LogP contribution in [0, 0.1) is 6.92 Å². The number of rotatable bonds is 8. The molecule has 0 aliphatic rings. The highest BCUT2D eigenvalue weighted by molar-refractivity contribution is 7.98. The lowest BCUT2D eigenvalue weighted by atomic mass is 10.1. The number of anilines is 2. The number of nitrogens with one attached hydrogen (secondary N) is 1. The molecule has 32 heavy (non-hydrogen) atoms. The van der Waals surface area contributed by atoms with Crippen LogP contribution in [-0.2, 0) is 18.7 Å². The first-order valence-corrected chi connectivity index (χ1v) is 12.1. The first-order chi connectivity index (χ1) is 15.5. The zero-order chi connectivity index (χ0) is 22.5. The molecule has 9 heteroatoms. The molecule has 2 aromatic carbocycles. The summed E-state index contributed by atoms with van der Waals surface area (Å²) < 4.78 is 2.09. The van der Waals surface area contributed by atoms with E-state index in [0.717, 1.165) is 40.0 Å². The van der Waals surface area contributed by atoms with Gasteiger partial charge in [-0.25, -0.2) is 4.98 Å². The normalized spacial score (nSPS) is 10.9. The highest BCUT2D eigenvalue weighted by Crippen LogP contribution is 2.24. The minimum absolute atomic E-state index is 0.121. The van der Waals surface area contributed by atoms with Gasteiger partial charge in [0.25, 0.3) is 5.91 Å². The fourth-order valence-corrected chi connectivity index (χ4v) is 4.84. The fraction of sp³-hybridized carbons (Fsp3) is 0.217. The molecule has 2 aromatic heterocycles. The van der Waals surface area contributed by atoms with Gasteiger partial charge in [-0.3, -0.25) is 4.79 Å². The molecule has 3 N–H and O–H groups in total. The number of hydrogen-bond donors (Lipinski definition) is 2. The van der Waals surface area contributed by atoms with Crippen LogP contribution >= 0.6 is 23.1 Å². The maximum atomic E-state index is 12.7. The van der Waals surface area contributed by atoms with Crippen molar-refractivity contribution in [2.24, 2.45) is 0 Å². The van der Waals surface area contributed by atoms with E-state index >= 15 is 0 Å². The van der Waals surface area contributed by atoms with E-state index in [2.05, 4.69) is 32.0 Å². The quantitative estimate of drug-likeness (QED) is 0.364. The van der Waals surface area contributed by atoms with Gasteiger partial charge >= 0.3 is 0 Å². The largest absolute Gasteiger partial charge is 0.375 e. The van der Waals surface area contributed by atoms with Gasteiger partial charge in [0.1, 0.15) is 5.82 Å². The molecular formula is C23H24N6OS2. The van der Waals surface area contributed by atoms with Gasteiger partial charge in [-0.2, -0.15) is 0 Å². The number of hydrogen-bond acceptors (Lipinski definition) is 7. The molecule has 0 radical (unpaired) electrons. The Morgan fingerprint density at radius 1 is 1.19 bits per heavy atom. The van der Waals surface area contributed by atoms with Gasteiger partial charge in [-0.05, 0) is 49.2 Å². The lowest BCUT2D eigenvalue weighted by Gasteiger charge is -2.09. The Kier molecular flexibility index (Phi) is 6.87. The molecule has 0 atom stereocenters. The molecule has 0 spiro atoms. The summed E-state index contributed by atoms with van der Waals surface area (Å²) in [6.07, 6.45) is 0.601. The van der Waals surface area contributed by atoms with Crippen LogP contribution < -0.4 is 11.1 Å². The standard InChI is InChI=1S/C23H24N6OS2/c1-3-29-20(12-19-14-31-22(24)26-19)27-28-23(29)32-13-16-7-5-8-17(11-16)21(30)25-18-9-4-6-15(2)10-18/h4-11,14H,3,12-13H2,1-2H3,(H2,24,26)(H,25,30). The Morgan fingerprint density at radius 3 is 2.78 bits per heavy atom. The number of benzene rings is 2. The molecule has 4 aromatic rings. The van der Waals surface area contributed by atoms with E-state index in [1.165, 1.54) is 11.3 Å². The number of aromatic nitrogens is 4. The van der Waals surface area contributed by atoms with E-state index < -0.39 is 0 Å². The van der Waals surface area contributed by atoms with Crippen LogP contribution in [0.3, 0.4) is 0 Å². The number of aryl methyl sites for hydroxylation is 1. The molecule has 0 unspecified atom stereocenters. The Balaban J connectivity index is 1.42. The van der Waals surface area contributed by atoms with Crippen molar-refractivity contribution in [3.63, 3.8) is 0 Å². The van der Waals surface area contributed by atoms with Crippen LogP contribution in [-0.4, -0.2) is 25.7 Å². The molecule has 0 saturated heterocycles. The Bertz CT molecular complexity index is 1230. The van der Waals surface area contributed by atoms with Gasteiger partial charge < -0.3 is 15.6 Å². The highest BCUT2D eigenvalue weighted by atomic mass is 32.2. The Hall–Kier alpha value is -3.17. The van der Waals surface area contributed by atoms with Crippen molar-refractivity contribution in [3.05, 3.63) is 82.1 Å². The molecule has 0 saturated carbocycles. The molecule has 4 rings (SSSR count). The highest BCUT2D eigenvalue weighted by Gasteiger charge is 2.14. The van der Waals surface area contributed by atoms with E-state index in [0.29, 0.717) is 22.9 Å². The van der Waals surface area contributed by atoms with Gasteiger partial charge in [-0.1, -0.05) is 36.0 Å². The van der Waals surface area contributed by atoms with Crippen molar-refractivity contribution in [2.75, 3.05) is 11.1 Å². The molecular weight excluding hydrogens is 440 g/mol. The summed E-state index contributed by atoms with van der Waals surface area (Å²) in [4.78, 5) is 17.0. The summed E-state index contributed by atoms with van der Waals surface area (Å²) in [6, 6.07) is 15.4. The zero-order valence-electron chi connectivity index (χ0n) is 17.9. The topological polar surface area (TPSA) is 98.7 Å². The summed E-state index contributed by atoms with van der Waals surface area (Å²) in [6.45, 7) is 4.84. The Morgan fingerprint density at radius 2 is 2.03 bits per heavy atom. The van der Waals surface area contributed by atoms with Crippen molar-refractivity contribution >= 4 is 39.8 Å². The summed E-state index contributed by atoms with van der Waals surface area (Å²) >= 11 is 3.03. The van der Waals surface area contributed by atoms with Crippen molar-refractivity contribution in [3.8, 4) is 0 Å². The molecule has 0 fully saturated rings. The summed E-state index contributed by atoms with van der Waals surface area (Å²) in [5.74, 6) is 1.43. The van der Waals surface area contributed by atoms with Crippen molar-refractivity contribution in [1.82, 2.24) is 19.7 Å². The first-order valence-electron chi connectivity index (χ1n) is 10.2. The third-order valence-corrected chi connectivity index (χ3v) is 6.61. The minimum Gasteiger partial charge on any atom is -0.375 e. The van der Waals surface area contributed by atoms with Crippen LogP contribution in [0.15, 0.2) is 59.1 Å². The Labute approximate surface area is 195 Å². The molecule has 164 valence electrons. The fourth-order valence-electron chi connectivity index (χ4n) is 3.32. The minimum atomic E-state index is -0.121. The monoisotopic (exact) mass is 464 g/mol. The summed E-state index contributed by atoms with van der Waals surface area (Å²) in [5.41, 5.74) is 10.2. The maximum Gasteiger partial charge on any atom is 0.255 e. The second kappa shape index (κ2) is 9.97. The van der Waals surface area contributed by atoms with Crippen LogP contribution in [0.25, 0.3) is 0 Å². The summed E-state index contributed by atoms with van der Waals surface area (Å²) in [5, 5.41) is 15.0. The number of carbonyl (C=O) groups excluding carboxylic acids is 1. The van der Waals surface area contributed by atoms with Crippen LogP contribution in [0.2, 0.25) is 0 Å². The number of nitrogen functional groups attached to an aromatic ring is 1. The molecule has 2 heterocycles. The average Bonchev–Trinajstić information content (AvgIpc) is 3.37. The van der Waals surface area contributed by atoms with E-state index in [1.54, 1.807) is 11.8 Å². The SMILES string of the molecule is CCn1c(Cc2csc(N)n2)nnc1SCc1cccc(C(=O)Nc2cccc(C)c2)c1. The lowest BCUT2D eigenvalue weighted by molar-refractivity contribution is 0.102. The number of nitrogens with two attached hydrogens (primary N) is 1. The van der Waals surface area contributed by atoms with Crippen molar-refractivity contribution in [2.45, 2.75) is 37.7 Å². The lowest BCUT2D eigenvalue weighted by Crippen LogP contribution is -2.12. The van der Waals surface area contributed by atoms with Gasteiger partial charge in [0, 0.05) is 28.9 Å².